The number of hydrogen-bond acceptors (Lipinski definition) is 5. The smallest absolute Gasteiger partial charge is 0.257 e. The lowest BCUT2D eigenvalue weighted by atomic mass is 10.2. The van der Waals surface area contributed by atoms with Crippen molar-refractivity contribution in [1.82, 2.24) is 9.88 Å². The Balaban J connectivity index is 2.22. The van der Waals surface area contributed by atoms with E-state index in [0.717, 1.165) is 6.20 Å². The van der Waals surface area contributed by atoms with Gasteiger partial charge in [-0.25, -0.2) is 9.37 Å². The van der Waals surface area contributed by atoms with Crippen molar-refractivity contribution in [1.29, 1.82) is 0 Å². The minimum atomic E-state index is -0.543. The summed E-state index contributed by atoms with van der Waals surface area (Å²) in [7, 11) is 4.79. The van der Waals surface area contributed by atoms with Crippen LogP contribution in [0.3, 0.4) is 0 Å². The van der Waals surface area contributed by atoms with Gasteiger partial charge in [-0.05, 0) is 6.07 Å². The van der Waals surface area contributed by atoms with Crippen molar-refractivity contribution in [3.63, 3.8) is 0 Å². The van der Waals surface area contributed by atoms with Crippen LogP contribution in [-0.2, 0) is 9.47 Å². The van der Waals surface area contributed by atoms with E-state index in [0.29, 0.717) is 18.9 Å². The maximum absolute atomic E-state index is 13.3. The van der Waals surface area contributed by atoms with E-state index in [-0.39, 0.29) is 23.7 Å². The molecule has 1 amide bonds. The molecule has 1 aromatic heterocycles. The number of ether oxygens (including phenoxy) is 2. The van der Waals surface area contributed by atoms with Gasteiger partial charge in [0.2, 0.25) is 0 Å². The molecule has 110 valence electrons. The molecule has 1 aliphatic heterocycles. The first-order valence-electron chi connectivity index (χ1n) is 6.28. The SMILES string of the molecule is CNc1ncc(F)cc1C(=O)N1CC(OC)C(OC)C1. The summed E-state index contributed by atoms with van der Waals surface area (Å²) in [5.74, 6) is -0.479. The molecule has 0 saturated carbocycles. The summed E-state index contributed by atoms with van der Waals surface area (Å²) in [6.07, 6.45) is 0.717. The second kappa shape index (κ2) is 6.15. The lowest BCUT2D eigenvalue weighted by molar-refractivity contribution is -0.00461. The lowest BCUT2D eigenvalue weighted by Crippen LogP contribution is -2.31. The van der Waals surface area contributed by atoms with Crippen LogP contribution in [0.25, 0.3) is 0 Å². The van der Waals surface area contributed by atoms with Crippen LogP contribution in [0.4, 0.5) is 10.2 Å². The molecule has 1 aromatic rings. The normalized spacial score (nSPS) is 22.1. The Labute approximate surface area is 116 Å². The zero-order valence-electron chi connectivity index (χ0n) is 11.7. The monoisotopic (exact) mass is 283 g/mol. The molecule has 1 aliphatic rings. The van der Waals surface area contributed by atoms with Crippen LogP contribution in [0.2, 0.25) is 0 Å². The highest BCUT2D eigenvalue weighted by Gasteiger charge is 2.36. The van der Waals surface area contributed by atoms with Crippen LogP contribution in [-0.4, -0.2) is 62.4 Å². The van der Waals surface area contributed by atoms with Gasteiger partial charge >= 0.3 is 0 Å². The van der Waals surface area contributed by atoms with Crippen molar-refractivity contribution in [3.05, 3.63) is 23.6 Å². The van der Waals surface area contributed by atoms with E-state index in [1.54, 1.807) is 26.2 Å². The molecule has 6 nitrogen and oxygen atoms in total. The molecule has 2 heterocycles. The molecule has 7 heteroatoms. The Bertz CT molecular complexity index is 486. The highest BCUT2D eigenvalue weighted by atomic mass is 19.1. The van der Waals surface area contributed by atoms with Gasteiger partial charge < -0.3 is 19.7 Å². The van der Waals surface area contributed by atoms with E-state index in [1.807, 2.05) is 0 Å². The molecule has 1 saturated heterocycles. The fourth-order valence-corrected chi connectivity index (χ4v) is 2.33. The minimum absolute atomic E-state index is 0.177. The van der Waals surface area contributed by atoms with Crippen LogP contribution in [0.5, 0.6) is 0 Å². The van der Waals surface area contributed by atoms with Gasteiger partial charge in [0.05, 0.1) is 11.8 Å². The molecular formula is C13H18FN3O3. The first kappa shape index (κ1) is 14.7. The van der Waals surface area contributed by atoms with Crippen molar-refractivity contribution in [2.45, 2.75) is 12.2 Å². The number of amides is 1. The quantitative estimate of drug-likeness (QED) is 0.883. The Morgan fingerprint density at radius 3 is 2.50 bits per heavy atom. The fraction of sp³-hybridized carbons (Fsp3) is 0.538. The summed E-state index contributed by atoms with van der Waals surface area (Å²) < 4.78 is 23.9. The largest absolute Gasteiger partial charge is 0.377 e. The Hall–Kier alpha value is -1.73. The number of nitrogens with one attached hydrogen (secondary N) is 1. The summed E-state index contributed by atoms with van der Waals surface area (Å²) >= 11 is 0. The van der Waals surface area contributed by atoms with Crippen molar-refractivity contribution in [3.8, 4) is 0 Å². The van der Waals surface area contributed by atoms with Gasteiger partial charge in [0, 0.05) is 34.4 Å². The third-order valence-corrected chi connectivity index (χ3v) is 3.43. The molecule has 0 bridgehead atoms. The number of likely N-dealkylation sites (tertiary alicyclic amines) is 1. The Morgan fingerprint density at radius 1 is 1.40 bits per heavy atom. The molecule has 2 atom stereocenters. The van der Waals surface area contributed by atoms with E-state index < -0.39 is 5.82 Å². The highest BCUT2D eigenvalue weighted by Crippen LogP contribution is 2.21. The van der Waals surface area contributed by atoms with E-state index in [4.69, 9.17) is 9.47 Å². The molecule has 20 heavy (non-hydrogen) atoms. The summed E-state index contributed by atoms with van der Waals surface area (Å²) in [6, 6.07) is 1.18. The predicted molar refractivity (Wildman–Crippen MR) is 71.2 cm³/mol. The van der Waals surface area contributed by atoms with Crippen LogP contribution < -0.4 is 5.32 Å². The molecule has 1 N–H and O–H groups in total. The van der Waals surface area contributed by atoms with Gasteiger partial charge in [-0.1, -0.05) is 0 Å². The van der Waals surface area contributed by atoms with E-state index in [2.05, 4.69) is 10.3 Å². The molecule has 0 radical (unpaired) electrons. The number of carbonyl (C=O) groups is 1. The number of pyridine rings is 1. The number of aromatic nitrogens is 1. The van der Waals surface area contributed by atoms with Crippen molar-refractivity contribution in [2.24, 2.45) is 0 Å². The van der Waals surface area contributed by atoms with Crippen molar-refractivity contribution < 1.29 is 18.7 Å². The second-order valence-corrected chi connectivity index (χ2v) is 4.56. The molecule has 1 fully saturated rings. The highest BCUT2D eigenvalue weighted by molar-refractivity contribution is 5.98. The third kappa shape index (κ3) is 2.73. The van der Waals surface area contributed by atoms with Crippen LogP contribution in [0.15, 0.2) is 12.3 Å². The molecular weight excluding hydrogens is 265 g/mol. The number of hydrogen-bond donors (Lipinski definition) is 1. The summed E-state index contributed by atoms with van der Waals surface area (Å²) in [4.78, 5) is 17.9. The maximum Gasteiger partial charge on any atom is 0.257 e. The zero-order valence-corrected chi connectivity index (χ0v) is 11.7. The summed E-state index contributed by atoms with van der Waals surface area (Å²) in [5.41, 5.74) is 0.208. The molecule has 2 unspecified atom stereocenters. The number of nitrogens with zero attached hydrogens (tertiary/aromatic N) is 2. The summed E-state index contributed by atoms with van der Waals surface area (Å²) in [6.45, 7) is 0.820. The number of halogens is 1. The van der Waals surface area contributed by atoms with Crippen LogP contribution >= 0.6 is 0 Å². The van der Waals surface area contributed by atoms with Crippen molar-refractivity contribution in [2.75, 3.05) is 39.7 Å². The van der Waals surface area contributed by atoms with Gasteiger partial charge in [-0.3, -0.25) is 4.79 Å². The number of methoxy groups -OCH3 is 2. The molecule has 0 spiro atoms. The van der Waals surface area contributed by atoms with E-state index in [1.165, 1.54) is 6.07 Å². The number of carbonyl (C=O) groups excluding carboxylic acids is 1. The number of anilines is 1. The second-order valence-electron chi connectivity index (χ2n) is 4.56. The van der Waals surface area contributed by atoms with Crippen LogP contribution in [0, 0.1) is 5.82 Å². The van der Waals surface area contributed by atoms with E-state index >= 15 is 0 Å². The van der Waals surface area contributed by atoms with Gasteiger partial charge in [-0.15, -0.1) is 0 Å². The summed E-state index contributed by atoms with van der Waals surface area (Å²) in [5, 5.41) is 2.79. The molecule has 0 aliphatic carbocycles. The third-order valence-electron chi connectivity index (χ3n) is 3.43. The first-order chi connectivity index (χ1) is 9.60. The fourth-order valence-electron chi connectivity index (χ4n) is 2.33. The molecule has 2 rings (SSSR count). The van der Waals surface area contributed by atoms with Gasteiger partial charge in [0.1, 0.15) is 23.8 Å². The average molecular weight is 283 g/mol. The van der Waals surface area contributed by atoms with E-state index in [9.17, 15) is 9.18 Å². The lowest BCUT2D eigenvalue weighted by Gasteiger charge is -2.17. The van der Waals surface area contributed by atoms with Gasteiger partial charge in [0.25, 0.3) is 5.91 Å². The molecule has 0 aromatic carbocycles. The van der Waals surface area contributed by atoms with Crippen molar-refractivity contribution >= 4 is 11.7 Å². The minimum Gasteiger partial charge on any atom is -0.377 e. The number of rotatable bonds is 4. The first-order valence-corrected chi connectivity index (χ1v) is 6.28. The van der Waals surface area contributed by atoms with Gasteiger partial charge in [-0.2, -0.15) is 0 Å². The topological polar surface area (TPSA) is 63.7 Å². The zero-order chi connectivity index (χ0) is 14.7. The Morgan fingerprint density at radius 2 is 2.00 bits per heavy atom. The maximum atomic E-state index is 13.3. The van der Waals surface area contributed by atoms with Crippen LogP contribution in [0.1, 0.15) is 10.4 Å². The van der Waals surface area contributed by atoms with Gasteiger partial charge in [0.15, 0.2) is 0 Å². The standard InChI is InChI=1S/C13H18FN3O3/c1-15-12-9(4-8(14)5-16-12)13(18)17-6-10(19-2)11(7-17)20-3/h4-5,10-11H,6-7H2,1-3H3,(H,15,16). The average Bonchev–Trinajstić information content (AvgIpc) is 2.89. The Kier molecular flexibility index (Phi) is 4.51. The predicted octanol–water partition coefficient (Wildman–Crippen LogP) is 0.748.